The van der Waals surface area contributed by atoms with Crippen molar-refractivity contribution in [2.75, 3.05) is 13.1 Å². The average molecular weight is 355 g/mol. The zero-order chi connectivity index (χ0) is 16.4. The fourth-order valence-electron chi connectivity index (χ4n) is 2.78. The monoisotopic (exact) mass is 354 g/mol. The van der Waals surface area contributed by atoms with Gasteiger partial charge in [-0.15, -0.1) is 12.4 Å². The van der Waals surface area contributed by atoms with E-state index in [1.807, 2.05) is 0 Å². The molecule has 0 saturated carbocycles. The highest BCUT2D eigenvalue weighted by Gasteiger charge is 2.29. The molecule has 0 bridgehead atoms. The summed E-state index contributed by atoms with van der Waals surface area (Å²) < 4.78 is 18.3. The van der Waals surface area contributed by atoms with Crippen molar-refractivity contribution in [1.29, 1.82) is 0 Å². The van der Waals surface area contributed by atoms with Crippen LogP contribution >= 0.6 is 12.4 Å². The molecule has 3 rings (SSSR count). The van der Waals surface area contributed by atoms with E-state index in [0.29, 0.717) is 30.4 Å². The van der Waals surface area contributed by atoms with Crippen LogP contribution in [0.25, 0.3) is 11.4 Å². The third kappa shape index (κ3) is 3.91. The van der Waals surface area contributed by atoms with Crippen LogP contribution in [0, 0.1) is 5.82 Å². The van der Waals surface area contributed by atoms with E-state index in [-0.39, 0.29) is 30.0 Å². The topological polar surface area (TPSA) is 85.3 Å². The molecule has 8 heteroatoms. The standard InChI is InChI=1S/C16H19FN4O2.ClH/c1-10(18)16(22)21-8-2-3-12(9-21)15-19-14(20-23-15)11-4-6-13(17)7-5-11;/h4-7,10,12H,2-3,8-9,18H2,1H3;1H/t10-,12?;/m1./s1. The highest BCUT2D eigenvalue weighted by atomic mass is 35.5. The second-order valence-electron chi connectivity index (χ2n) is 5.88. The van der Waals surface area contributed by atoms with E-state index < -0.39 is 6.04 Å². The van der Waals surface area contributed by atoms with E-state index in [4.69, 9.17) is 10.3 Å². The van der Waals surface area contributed by atoms with Crippen molar-refractivity contribution in [1.82, 2.24) is 15.0 Å². The van der Waals surface area contributed by atoms with Crippen LogP contribution in [-0.2, 0) is 4.79 Å². The van der Waals surface area contributed by atoms with Gasteiger partial charge in [-0.2, -0.15) is 4.98 Å². The molecular formula is C16H20ClFN4O2. The highest BCUT2D eigenvalue weighted by molar-refractivity contribution is 5.85. The largest absolute Gasteiger partial charge is 0.341 e. The number of aromatic nitrogens is 2. The maximum atomic E-state index is 13.0. The van der Waals surface area contributed by atoms with Gasteiger partial charge in [0.15, 0.2) is 0 Å². The van der Waals surface area contributed by atoms with Crippen LogP contribution in [0.15, 0.2) is 28.8 Å². The molecule has 130 valence electrons. The maximum absolute atomic E-state index is 13.0. The number of likely N-dealkylation sites (tertiary alicyclic amines) is 1. The average Bonchev–Trinajstić information content (AvgIpc) is 3.05. The van der Waals surface area contributed by atoms with Gasteiger partial charge >= 0.3 is 0 Å². The number of benzene rings is 1. The van der Waals surface area contributed by atoms with Crippen molar-refractivity contribution in [2.45, 2.75) is 31.7 Å². The van der Waals surface area contributed by atoms with Gasteiger partial charge in [0.25, 0.3) is 0 Å². The molecule has 1 saturated heterocycles. The molecule has 2 aromatic rings. The third-order valence-electron chi connectivity index (χ3n) is 4.02. The van der Waals surface area contributed by atoms with Crippen molar-refractivity contribution >= 4 is 18.3 Å². The van der Waals surface area contributed by atoms with Crippen LogP contribution in [0.3, 0.4) is 0 Å². The molecule has 0 aliphatic carbocycles. The van der Waals surface area contributed by atoms with Crippen molar-refractivity contribution in [3.63, 3.8) is 0 Å². The Morgan fingerprint density at radius 2 is 2.12 bits per heavy atom. The van der Waals surface area contributed by atoms with Crippen molar-refractivity contribution in [3.8, 4) is 11.4 Å². The summed E-state index contributed by atoms with van der Waals surface area (Å²) >= 11 is 0. The van der Waals surface area contributed by atoms with Gasteiger partial charge in [-0.1, -0.05) is 5.16 Å². The van der Waals surface area contributed by atoms with Gasteiger partial charge in [0.05, 0.1) is 12.0 Å². The van der Waals surface area contributed by atoms with E-state index >= 15 is 0 Å². The number of rotatable bonds is 3. The van der Waals surface area contributed by atoms with Gasteiger partial charge < -0.3 is 15.2 Å². The number of piperidine rings is 1. The molecule has 24 heavy (non-hydrogen) atoms. The summed E-state index contributed by atoms with van der Waals surface area (Å²) in [4.78, 5) is 18.2. The quantitative estimate of drug-likeness (QED) is 0.914. The summed E-state index contributed by atoms with van der Waals surface area (Å²) in [5.74, 6) is 0.568. The number of amides is 1. The van der Waals surface area contributed by atoms with Gasteiger partial charge in [-0.05, 0) is 44.0 Å². The van der Waals surface area contributed by atoms with E-state index in [1.165, 1.54) is 12.1 Å². The lowest BCUT2D eigenvalue weighted by molar-refractivity contribution is -0.133. The summed E-state index contributed by atoms with van der Waals surface area (Å²) in [6, 6.07) is 5.42. The molecule has 1 aromatic heterocycles. The zero-order valence-electron chi connectivity index (χ0n) is 13.3. The minimum Gasteiger partial charge on any atom is -0.341 e. The Morgan fingerprint density at radius 3 is 2.79 bits per heavy atom. The lowest BCUT2D eigenvalue weighted by Gasteiger charge is -2.32. The Bertz CT molecular complexity index is 690. The van der Waals surface area contributed by atoms with Gasteiger partial charge in [0.2, 0.25) is 17.6 Å². The first-order chi connectivity index (χ1) is 11.0. The first-order valence-electron chi connectivity index (χ1n) is 7.68. The number of nitrogens with two attached hydrogens (primary N) is 1. The molecule has 2 heterocycles. The predicted molar refractivity (Wildman–Crippen MR) is 89.1 cm³/mol. The van der Waals surface area contributed by atoms with Gasteiger partial charge in [-0.3, -0.25) is 4.79 Å². The number of halogens is 2. The van der Waals surface area contributed by atoms with Crippen LogP contribution in [0.5, 0.6) is 0 Å². The van der Waals surface area contributed by atoms with Crippen LogP contribution < -0.4 is 5.73 Å². The minimum atomic E-state index is -0.508. The number of nitrogens with zero attached hydrogens (tertiary/aromatic N) is 3. The molecule has 6 nitrogen and oxygen atoms in total. The molecule has 1 amide bonds. The number of hydrogen-bond acceptors (Lipinski definition) is 5. The first-order valence-corrected chi connectivity index (χ1v) is 7.68. The fourth-order valence-corrected chi connectivity index (χ4v) is 2.78. The van der Waals surface area contributed by atoms with Gasteiger partial charge in [-0.25, -0.2) is 4.39 Å². The Hall–Kier alpha value is -1.99. The molecule has 1 aliphatic rings. The molecule has 2 N–H and O–H groups in total. The van der Waals surface area contributed by atoms with Crippen LogP contribution in [0.4, 0.5) is 4.39 Å². The molecule has 1 aromatic carbocycles. The molecule has 1 unspecified atom stereocenters. The van der Waals surface area contributed by atoms with Crippen LogP contribution in [0.2, 0.25) is 0 Å². The third-order valence-corrected chi connectivity index (χ3v) is 4.02. The van der Waals surface area contributed by atoms with Crippen molar-refractivity contribution in [2.24, 2.45) is 5.73 Å². The molecule has 1 fully saturated rings. The van der Waals surface area contributed by atoms with Gasteiger partial charge in [0.1, 0.15) is 5.82 Å². The summed E-state index contributed by atoms with van der Waals surface area (Å²) in [5, 5.41) is 3.96. The van der Waals surface area contributed by atoms with E-state index in [1.54, 1.807) is 24.0 Å². The summed E-state index contributed by atoms with van der Waals surface area (Å²) in [6.07, 6.45) is 1.76. The Morgan fingerprint density at radius 1 is 1.42 bits per heavy atom. The number of carbonyl (C=O) groups is 1. The second-order valence-corrected chi connectivity index (χ2v) is 5.88. The van der Waals surface area contributed by atoms with E-state index in [9.17, 15) is 9.18 Å². The Balaban J connectivity index is 0.00000208. The summed E-state index contributed by atoms with van der Waals surface area (Å²) in [5.41, 5.74) is 6.37. The SMILES string of the molecule is C[C@@H](N)C(=O)N1CCCC(c2nc(-c3ccc(F)cc3)no2)C1.Cl. The van der Waals surface area contributed by atoms with Gasteiger partial charge in [0, 0.05) is 18.7 Å². The lowest BCUT2D eigenvalue weighted by Crippen LogP contribution is -2.46. The summed E-state index contributed by atoms with van der Waals surface area (Å²) in [6.45, 7) is 2.92. The molecule has 0 spiro atoms. The number of carbonyl (C=O) groups excluding carboxylic acids is 1. The Kier molecular flexibility index (Phi) is 5.90. The fraction of sp³-hybridized carbons (Fsp3) is 0.438. The minimum absolute atomic E-state index is 0. The predicted octanol–water partition coefficient (Wildman–Crippen LogP) is 2.35. The van der Waals surface area contributed by atoms with E-state index in [0.717, 1.165) is 12.8 Å². The van der Waals surface area contributed by atoms with Crippen LogP contribution in [-0.4, -0.2) is 40.1 Å². The summed E-state index contributed by atoms with van der Waals surface area (Å²) in [7, 11) is 0. The Labute approximate surface area is 145 Å². The molecule has 0 radical (unpaired) electrons. The highest BCUT2D eigenvalue weighted by Crippen LogP contribution is 2.27. The number of hydrogen-bond donors (Lipinski definition) is 1. The maximum Gasteiger partial charge on any atom is 0.239 e. The first kappa shape index (κ1) is 18.4. The smallest absolute Gasteiger partial charge is 0.239 e. The second kappa shape index (κ2) is 7.72. The van der Waals surface area contributed by atoms with Crippen molar-refractivity contribution < 1.29 is 13.7 Å². The molecular weight excluding hydrogens is 335 g/mol. The van der Waals surface area contributed by atoms with E-state index in [2.05, 4.69) is 10.1 Å². The lowest BCUT2D eigenvalue weighted by atomic mass is 9.97. The zero-order valence-corrected chi connectivity index (χ0v) is 14.1. The molecule has 2 atom stereocenters. The normalized spacial score (nSPS) is 18.8. The molecule has 1 aliphatic heterocycles. The van der Waals surface area contributed by atoms with Crippen molar-refractivity contribution in [3.05, 3.63) is 36.0 Å². The van der Waals surface area contributed by atoms with Crippen LogP contribution in [0.1, 0.15) is 31.6 Å².